The van der Waals surface area contributed by atoms with Crippen LogP contribution in [0.2, 0.25) is 0 Å². The molecule has 4 heteroatoms. The van der Waals surface area contributed by atoms with Crippen molar-refractivity contribution in [1.82, 2.24) is 0 Å². The van der Waals surface area contributed by atoms with Crippen LogP contribution < -0.4 is 4.74 Å². The number of furan rings is 1. The van der Waals surface area contributed by atoms with E-state index in [1.807, 2.05) is 30.3 Å². The van der Waals surface area contributed by atoms with Crippen LogP contribution in [0, 0.1) is 17.2 Å². The normalized spacial score (nSPS) is 12.3. The van der Waals surface area contributed by atoms with E-state index in [1.54, 1.807) is 0 Å². The van der Waals surface area contributed by atoms with Crippen molar-refractivity contribution in [2.24, 2.45) is 5.92 Å². The molecule has 1 aromatic carbocycles. The highest BCUT2D eigenvalue weighted by Crippen LogP contribution is 2.32. The van der Waals surface area contributed by atoms with Crippen LogP contribution in [0.5, 0.6) is 5.75 Å². The number of para-hydroxylation sites is 1. The Balaban J connectivity index is 2.34. The van der Waals surface area contributed by atoms with Gasteiger partial charge in [-0.05, 0) is 18.1 Å². The molecule has 1 heterocycles. The van der Waals surface area contributed by atoms with Crippen molar-refractivity contribution in [1.29, 1.82) is 5.26 Å². The molecule has 0 aliphatic heterocycles. The first-order chi connectivity index (χ1) is 8.26. The van der Waals surface area contributed by atoms with Gasteiger partial charge in [-0.1, -0.05) is 35.0 Å². The largest absolute Gasteiger partial charge is 0.488 e. The first-order valence-electron chi connectivity index (χ1n) is 5.36. The SMILES string of the molecule is CC(CBr)COc1c(C#N)oc2ccccc12. The maximum atomic E-state index is 9.01. The van der Waals surface area contributed by atoms with Crippen LogP contribution in [-0.4, -0.2) is 11.9 Å². The Morgan fingerprint density at radius 3 is 2.94 bits per heavy atom. The second kappa shape index (κ2) is 5.24. The number of ether oxygens (including phenoxy) is 1. The van der Waals surface area contributed by atoms with Gasteiger partial charge in [0.25, 0.3) is 0 Å². The molecule has 0 amide bonds. The van der Waals surface area contributed by atoms with Crippen LogP contribution in [0.3, 0.4) is 0 Å². The lowest BCUT2D eigenvalue weighted by Crippen LogP contribution is -2.09. The third kappa shape index (κ3) is 2.45. The average Bonchev–Trinajstić information content (AvgIpc) is 2.73. The highest BCUT2D eigenvalue weighted by atomic mass is 79.9. The van der Waals surface area contributed by atoms with E-state index < -0.39 is 0 Å². The Morgan fingerprint density at radius 2 is 2.24 bits per heavy atom. The van der Waals surface area contributed by atoms with Gasteiger partial charge in [0.15, 0.2) is 5.75 Å². The monoisotopic (exact) mass is 293 g/mol. The molecule has 0 bridgehead atoms. The first-order valence-corrected chi connectivity index (χ1v) is 6.48. The van der Waals surface area contributed by atoms with Crippen LogP contribution in [0.4, 0.5) is 0 Å². The van der Waals surface area contributed by atoms with Gasteiger partial charge in [-0.3, -0.25) is 0 Å². The standard InChI is InChI=1S/C13H12BrNO2/c1-9(6-14)8-16-13-10-4-2-3-5-11(10)17-12(13)7-15/h2-5,9H,6,8H2,1H3. The van der Waals surface area contributed by atoms with Crippen molar-refractivity contribution in [3.05, 3.63) is 30.0 Å². The molecule has 0 aliphatic carbocycles. The lowest BCUT2D eigenvalue weighted by molar-refractivity contribution is 0.272. The molecule has 0 saturated heterocycles. The molecule has 1 aromatic heterocycles. The van der Waals surface area contributed by atoms with Gasteiger partial charge in [-0.2, -0.15) is 5.26 Å². The Labute approximate surface area is 108 Å². The number of hydrogen-bond donors (Lipinski definition) is 0. The number of halogens is 1. The molecular formula is C13H12BrNO2. The minimum absolute atomic E-state index is 0.243. The Kier molecular flexibility index (Phi) is 3.70. The summed E-state index contributed by atoms with van der Waals surface area (Å²) in [6, 6.07) is 9.53. The zero-order valence-corrected chi connectivity index (χ0v) is 11.0. The van der Waals surface area contributed by atoms with Gasteiger partial charge in [0.1, 0.15) is 11.7 Å². The van der Waals surface area contributed by atoms with Crippen LogP contribution in [0.15, 0.2) is 28.7 Å². The number of nitrogens with zero attached hydrogens (tertiary/aromatic N) is 1. The summed E-state index contributed by atoms with van der Waals surface area (Å²) in [5.74, 6) is 1.18. The quantitative estimate of drug-likeness (QED) is 0.807. The van der Waals surface area contributed by atoms with Gasteiger partial charge in [0, 0.05) is 5.33 Å². The maximum absolute atomic E-state index is 9.01. The smallest absolute Gasteiger partial charge is 0.246 e. The van der Waals surface area contributed by atoms with E-state index in [0.29, 0.717) is 23.9 Å². The maximum Gasteiger partial charge on any atom is 0.246 e. The molecule has 88 valence electrons. The Hall–Kier alpha value is -1.47. The lowest BCUT2D eigenvalue weighted by atomic mass is 10.2. The number of rotatable bonds is 4. The van der Waals surface area contributed by atoms with E-state index in [-0.39, 0.29) is 5.76 Å². The van der Waals surface area contributed by atoms with E-state index in [4.69, 9.17) is 14.4 Å². The van der Waals surface area contributed by atoms with E-state index >= 15 is 0 Å². The zero-order valence-electron chi connectivity index (χ0n) is 9.44. The number of benzene rings is 1. The van der Waals surface area contributed by atoms with Crippen molar-refractivity contribution in [3.63, 3.8) is 0 Å². The molecule has 0 radical (unpaired) electrons. The molecule has 0 spiro atoms. The van der Waals surface area contributed by atoms with Crippen molar-refractivity contribution in [2.75, 3.05) is 11.9 Å². The third-order valence-electron chi connectivity index (χ3n) is 2.43. The molecule has 0 saturated carbocycles. The zero-order chi connectivity index (χ0) is 12.3. The van der Waals surface area contributed by atoms with Crippen molar-refractivity contribution < 1.29 is 9.15 Å². The number of hydrogen-bond acceptors (Lipinski definition) is 3. The molecule has 1 atom stereocenters. The molecule has 17 heavy (non-hydrogen) atoms. The minimum Gasteiger partial charge on any atom is -0.488 e. The fraction of sp³-hybridized carbons (Fsp3) is 0.308. The van der Waals surface area contributed by atoms with Gasteiger partial charge in [-0.25, -0.2) is 0 Å². The fourth-order valence-electron chi connectivity index (χ4n) is 1.51. The summed E-state index contributed by atoms with van der Waals surface area (Å²) < 4.78 is 11.1. The molecule has 2 aromatic rings. The number of fused-ring (bicyclic) bond motifs is 1. The first kappa shape index (κ1) is 12.0. The lowest BCUT2D eigenvalue weighted by Gasteiger charge is -2.08. The molecule has 3 nitrogen and oxygen atoms in total. The van der Waals surface area contributed by atoms with E-state index in [2.05, 4.69) is 22.9 Å². The number of alkyl halides is 1. The van der Waals surface area contributed by atoms with Crippen LogP contribution in [0.1, 0.15) is 12.7 Å². The highest BCUT2D eigenvalue weighted by molar-refractivity contribution is 9.09. The van der Waals surface area contributed by atoms with Crippen molar-refractivity contribution in [2.45, 2.75) is 6.92 Å². The van der Waals surface area contributed by atoms with Gasteiger partial charge in [0.05, 0.1) is 12.0 Å². The van der Waals surface area contributed by atoms with Gasteiger partial charge >= 0.3 is 0 Å². The summed E-state index contributed by atoms with van der Waals surface area (Å²) in [5, 5.41) is 10.7. The summed E-state index contributed by atoms with van der Waals surface area (Å²) in [5.41, 5.74) is 0.686. The third-order valence-corrected chi connectivity index (χ3v) is 3.53. The number of nitriles is 1. The predicted molar refractivity (Wildman–Crippen MR) is 69.4 cm³/mol. The summed E-state index contributed by atoms with van der Waals surface area (Å²) in [7, 11) is 0. The van der Waals surface area contributed by atoms with Gasteiger partial charge < -0.3 is 9.15 Å². The van der Waals surface area contributed by atoms with Crippen molar-refractivity contribution in [3.8, 4) is 11.8 Å². The molecule has 0 aliphatic rings. The molecular weight excluding hydrogens is 282 g/mol. The molecule has 1 unspecified atom stereocenters. The van der Waals surface area contributed by atoms with Gasteiger partial charge in [0.2, 0.25) is 5.76 Å². The van der Waals surface area contributed by atoms with Crippen LogP contribution in [0.25, 0.3) is 11.0 Å². The topological polar surface area (TPSA) is 46.2 Å². The molecule has 2 rings (SSSR count). The predicted octanol–water partition coefficient (Wildman–Crippen LogP) is 3.71. The minimum atomic E-state index is 0.243. The second-order valence-electron chi connectivity index (χ2n) is 3.94. The summed E-state index contributed by atoms with van der Waals surface area (Å²) >= 11 is 3.40. The summed E-state index contributed by atoms with van der Waals surface area (Å²) in [4.78, 5) is 0. The average molecular weight is 294 g/mol. The molecule has 0 N–H and O–H groups in total. The molecule has 0 fully saturated rings. The van der Waals surface area contributed by atoms with Crippen LogP contribution >= 0.6 is 15.9 Å². The Morgan fingerprint density at radius 1 is 1.47 bits per heavy atom. The van der Waals surface area contributed by atoms with Crippen molar-refractivity contribution >= 4 is 26.9 Å². The van der Waals surface area contributed by atoms with Crippen LogP contribution in [-0.2, 0) is 0 Å². The summed E-state index contributed by atoms with van der Waals surface area (Å²) in [6.45, 7) is 2.63. The van der Waals surface area contributed by atoms with Gasteiger partial charge in [-0.15, -0.1) is 0 Å². The highest BCUT2D eigenvalue weighted by Gasteiger charge is 2.15. The Bertz CT molecular complexity index is 556. The fourth-order valence-corrected chi connectivity index (χ4v) is 1.70. The van der Waals surface area contributed by atoms with E-state index in [9.17, 15) is 0 Å². The second-order valence-corrected chi connectivity index (χ2v) is 4.59. The van der Waals surface area contributed by atoms with E-state index in [0.717, 1.165) is 10.7 Å². The van der Waals surface area contributed by atoms with E-state index in [1.165, 1.54) is 0 Å². The summed E-state index contributed by atoms with van der Waals surface area (Å²) in [6.07, 6.45) is 0.